The van der Waals surface area contributed by atoms with E-state index in [1.165, 1.54) is 7.11 Å². The number of esters is 1. The number of rotatable bonds is 7. The second-order valence-corrected chi connectivity index (χ2v) is 6.12. The maximum Gasteiger partial charge on any atom is 0.339 e. The van der Waals surface area contributed by atoms with Gasteiger partial charge in [-0.1, -0.05) is 29.8 Å². The van der Waals surface area contributed by atoms with E-state index in [9.17, 15) is 9.59 Å². The van der Waals surface area contributed by atoms with Crippen LogP contribution in [0.3, 0.4) is 0 Å². The first-order chi connectivity index (χ1) is 14.0. The van der Waals surface area contributed by atoms with Gasteiger partial charge in [0.05, 0.1) is 18.4 Å². The molecular weight excluding hydrogens is 372 g/mol. The summed E-state index contributed by atoms with van der Waals surface area (Å²) >= 11 is 0. The van der Waals surface area contributed by atoms with Crippen molar-refractivity contribution in [2.45, 2.75) is 6.92 Å². The van der Waals surface area contributed by atoms with Gasteiger partial charge in [0.1, 0.15) is 5.75 Å². The number of aryl methyl sites for hydroxylation is 1. The fourth-order valence-corrected chi connectivity index (χ4v) is 2.45. The number of nitrogens with zero attached hydrogens (tertiary/aromatic N) is 2. The van der Waals surface area contributed by atoms with Crippen LogP contribution in [0.5, 0.6) is 5.75 Å². The number of carbonyl (C=O) groups is 2. The molecule has 0 fully saturated rings. The monoisotopic (exact) mass is 392 g/mol. The molecule has 1 heterocycles. The number of anilines is 3. The number of para-hydroxylation sites is 1. The molecule has 3 aromatic rings. The van der Waals surface area contributed by atoms with Gasteiger partial charge in [-0.25, -0.2) is 4.79 Å². The van der Waals surface area contributed by atoms with E-state index in [0.717, 1.165) is 5.56 Å². The van der Waals surface area contributed by atoms with Crippen molar-refractivity contribution in [2.24, 2.45) is 0 Å². The van der Waals surface area contributed by atoms with Gasteiger partial charge >= 0.3 is 5.97 Å². The summed E-state index contributed by atoms with van der Waals surface area (Å²) in [6.07, 6.45) is 0. The molecule has 2 N–H and O–H groups in total. The van der Waals surface area contributed by atoms with Crippen LogP contribution in [0.25, 0.3) is 0 Å². The van der Waals surface area contributed by atoms with Crippen molar-refractivity contribution in [1.82, 2.24) is 10.2 Å². The van der Waals surface area contributed by atoms with Crippen LogP contribution < -0.4 is 15.4 Å². The lowest BCUT2D eigenvalue weighted by molar-refractivity contribution is -0.118. The second-order valence-electron chi connectivity index (χ2n) is 6.12. The Morgan fingerprint density at radius 2 is 1.62 bits per heavy atom. The van der Waals surface area contributed by atoms with Crippen LogP contribution in [0.2, 0.25) is 0 Å². The zero-order valence-electron chi connectivity index (χ0n) is 16.0. The molecule has 0 saturated heterocycles. The molecule has 0 radical (unpaired) electrons. The van der Waals surface area contributed by atoms with Gasteiger partial charge < -0.3 is 20.1 Å². The molecule has 0 saturated carbocycles. The molecule has 0 aliphatic carbocycles. The van der Waals surface area contributed by atoms with Gasteiger partial charge in [-0.2, -0.15) is 0 Å². The van der Waals surface area contributed by atoms with Crippen LogP contribution >= 0.6 is 0 Å². The molecule has 3 rings (SSSR count). The Morgan fingerprint density at radius 3 is 2.31 bits per heavy atom. The van der Waals surface area contributed by atoms with Crippen LogP contribution in [-0.4, -0.2) is 35.8 Å². The van der Waals surface area contributed by atoms with E-state index in [4.69, 9.17) is 9.47 Å². The number of nitrogens with one attached hydrogen (secondary N) is 2. The second kappa shape index (κ2) is 9.32. The fraction of sp³-hybridized carbons (Fsp3) is 0.143. The highest BCUT2D eigenvalue weighted by atomic mass is 16.5. The zero-order chi connectivity index (χ0) is 20.6. The van der Waals surface area contributed by atoms with Crippen molar-refractivity contribution in [3.8, 4) is 5.75 Å². The molecule has 0 aliphatic heterocycles. The molecule has 0 aliphatic rings. The van der Waals surface area contributed by atoms with Crippen LogP contribution in [0, 0.1) is 6.92 Å². The average Bonchev–Trinajstić information content (AvgIpc) is 2.74. The Morgan fingerprint density at radius 1 is 0.931 bits per heavy atom. The standard InChI is InChI=1S/C21H20N4O4/c1-14-7-9-15(10-8-14)29-13-20(26)23-19-12-11-18(24-25-19)22-17-6-4-3-5-16(17)21(27)28-2/h3-12H,13H2,1-2H3,(H,22,24)(H,23,25,26). The number of hydrogen-bond donors (Lipinski definition) is 2. The molecule has 29 heavy (non-hydrogen) atoms. The largest absolute Gasteiger partial charge is 0.484 e. The van der Waals surface area contributed by atoms with E-state index in [-0.39, 0.29) is 18.3 Å². The third kappa shape index (κ3) is 5.52. The lowest BCUT2D eigenvalue weighted by atomic mass is 10.2. The Balaban J connectivity index is 1.57. The maximum atomic E-state index is 12.0. The van der Waals surface area contributed by atoms with Gasteiger partial charge in [-0.3, -0.25) is 4.79 Å². The molecule has 0 unspecified atom stereocenters. The first kappa shape index (κ1) is 19.8. The predicted molar refractivity (Wildman–Crippen MR) is 108 cm³/mol. The smallest absolute Gasteiger partial charge is 0.339 e. The number of hydrogen-bond acceptors (Lipinski definition) is 7. The minimum atomic E-state index is -0.460. The summed E-state index contributed by atoms with van der Waals surface area (Å²) < 4.78 is 10.2. The normalized spacial score (nSPS) is 10.1. The van der Waals surface area contributed by atoms with Gasteiger partial charge in [0.25, 0.3) is 5.91 Å². The lowest BCUT2D eigenvalue weighted by Gasteiger charge is -2.10. The highest BCUT2D eigenvalue weighted by Gasteiger charge is 2.12. The SMILES string of the molecule is COC(=O)c1ccccc1Nc1ccc(NC(=O)COc2ccc(C)cc2)nn1. The van der Waals surface area contributed by atoms with Crippen molar-refractivity contribution < 1.29 is 19.1 Å². The summed E-state index contributed by atoms with van der Waals surface area (Å²) in [5.41, 5.74) is 2.03. The molecule has 1 amide bonds. The number of carbonyl (C=O) groups excluding carboxylic acids is 2. The van der Waals surface area contributed by atoms with Crippen molar-refractivity contribution in [3.63, 3.8) is 0 Å². The lowest BCUT2D eigenvalue weighted by Crippen LogP contribution is -2.21. The van der Waals surface area contributed by atoms with Gasteiger partial charge in [0, 0.05) is 0 Å². The first-order valence-corrected chi connectivity index (χ1v) is 8.82. The Labute approximate surface area is 167 Å². The van der Waals surface area contributed by atoms with Gasteiger partial charge in [0.2, 0.25) is 0 Å². The van der Waals surface area contributed by atoms with E-state index >= 15 is 0 Å². The number of benzene rings is 2. The van der Waals surface area contributed by atoms with Crippen molar-refractivity contribution >= 4 is 29.2 Å². The summed E-state index contributed by atoms with van der Waals surface area (Å²) in [4.78, 5) is 23.8. The first-order valence-electron chi connectivity index (χ1n) is 8.82. The Hall–Kier alpha value is -3.94. The van der Waals surface area contributed by atoms with Crippen LogP contribution in [-0.2, 0) is 9.53 Å². The van der Waals surface area contributed by atoms with E-state index in [1.54, 1.807) is 48.5 Å². The minimum Gasteiger partial charge on any atom is -0.484 e. The summed E-state index contributed by atoms with van der Waals surface area (Å²) in [7, 11) is 1.32. The number of amides is 1. The van der Waals surface area contributed by atoms with Crippen LogP contribution in [0.4, 0.5) is 17.3 Å². The molecule has 8 heteroatoms. The number of ether oxygens (including phenoxy) is 2. The van der Waals surface area contributed by atoms with Crippen LogP contribution in [0.15, 0.2) is 60.7 Å². The van der Waals surface area contributed by atoms with Crippen molar-refractivity contribution in [1.29, 1.82) is 0 Å². The van der Waals surface area contributed by atoms with E-state index < -0.39 is 5.97 Å². The predicted octanol–water partition coefficient (Wildman–Crippen LogP) is 3.33. The topological polar surface area (TPSA) is 102 Å². The third-order valence-electron chi connectivity index (χ3n) is 3.92. The highest BCUT2D eigenvalue weighted by Crippen LogP contribution is 2.20. The molecule has 0 spiro atoms. The quantitative estimate of drug-likeness (QED) is 0.595. The van der Waals surface area contributed by atoms with E-state index in [1.807, 2.05) is 19.1 Å². The van der Waals surface area contributed by atoms with E-state index in [2.05, 4.69) is 20.8 Å². The van der Waals surface area contributed by atoms with Crippen LogP contribution in [0.1, 0.15) is 15.9 Å². The summed E-state index contributed by atoms with van der Waals surface area (Å²) in [5.74, 6) is 0.500. The summed E-state index contributed by atoms with van der Waals surface area (Å²) in [6.45, 7) is 1.83. The van der Waals surface area contributed by atoms with Crippen molar-refractivity contribution in [2.75, 3.05) is 24.4 Å². The summed E-state index contributed by atoms with van der Waals surface area (Å²) in [6, 6.07) is 17.5. The van der Waals surface area contributed by atoms with Gasteiger partial charge in [-0.15, -0.1) is 10.2 Å². The zero-order valence-corrected chi connectivity index (χ0v) is 16.0. The Kier molecular flexibility index (Phi) is 6.36. The number of methoxy groups -OCH3 is 1. The van der Waals surface area contributed by atoms with Gasteiger partial charge in [-0.05, 0) is 43.3 Å². The summed E-state index contributed by atoms with van der Waals surface area (Å²) in [5, 5.41) is 13.6. The van der Waals surface area contributed by atoms with E-state index in [0.29, 0.717) is 22.8 Å². The molecule has 2 aromatic carbocycles. The molecular formula is C21H20N4O4. The Bertz CT molecular complexity index is 988. The average molecular weight is 392 g/mol. The highest BCUT2D eigenvalue weighted by molar-refractivity contribution is 5.96. The molecule has 8 nitrogen and oxygen atoms in total. The van der Waals surface area contributed by atoms with Gasteiger partial charge in [0.15, 0.2) is 18.2 Å². The molecule has 1 aromatic heterocycles. The molecule has 0 atom stereocenters. The van der Waals surface area contributed by atoms with Crippen molar-refractivity contribution in [3.05, 3.63) is 71.8 Å². The third-order valence-corrected chi connectivity index (χ3v) is 3.92. The number of aromatic nitrogens is 2. The minimum absolute atomic E-state index is 0.142. The fourth-order valence-electron chi connectivity index (χ4n) is 2.45. The molecule has 148 valence electrons. The maximum absolute atomic E-state index is 12.0. The molecule has 0 bridgehead atoms.